The summed E-state index contributed by atoms with van der Waals surface area (Å²) in [5.41, 5.74) is 11.8. The molecule has 0 N–H and O–H groups in total. The maximum absolute atomic E-state index is 5.24. The van der Waals surface area contributed by atoms with E-state index in [2.05, 4.69) is 143 Å². The lowest BCUT2D eigenvalue weighted by molar-refractivity contribution is 1.11. The van der Waals surface area contributed by atoms with Gasteiger partial charge in [-0.25, -0.2) is 19.9 Å². The molecule has 4 aromatic heterocycles. The van der Waals surface area contributed by atoms with E-state index in [0.29, 0.717) is 17.3 Å². The lowest BCUT2D eigenvalue weighted by Gasteiger charge is -2.13. The maximum Gasteiger partial charge on any atom is 0.180 e. The van der Waals surface area contributed by atoms with Crippen molar-refractivity contribution in [2.45, 2.75) is 0 Å². The van der Waals surface area contributed by atoms with Crippen LogP contribution >= 0.6 is 0 Å². The molecule has 6 nitrogen and oxygen atoms in total. The van der Waals surface area contributed by atoms with E-state index in [4.69, 9.17) is 19.9 Å². The first kappa shape index (κ1) is 31.8. The van der Waals surface area contributed by atoms with Gasteiger partial charge < -0.3 is 9.13 Å². The van der Waals surface area contributed by atoms with Gasteiger partial charge >= 0.3 is 0 Å². The molecule has 11 aromatic rings. The molecule has 56 heavy (non-hydrogen) atoms. The minimum atomic E-state index is 0.553. The van der Waals surface area contributed by atoms with Gasteiger partial charge in [-0.05, 0) is 60.7 Å². The van der Waals surface area contributed by atoms with Gasteiger partial charge in [0.2, 0.25) is 0 Å². The fraction of sp³-hybridized carbons (Fsp3) is 0. The molecular formula is C50H32N6. The summed E-state index contributed by atoms with van der Waals surface area (Å²) in [7, 11) is 0. The van der Waals surface area contributed by atoms with E-state index in [1.165, 1.54) is 27.2 Å². The highest BCUT2D eigenvalue weighted by Crippen LogP contribution is 2.38. The lowest BCUT2D eigenvalue weighted by Crippen LogP contribution is -2.01. The highest BCUT2D eigenvalue weighted by Gasteiger charge is 2.20. The van der Waals surface area contributed by atoms with Gasteiger partial charge in [0.25, 0.3) is 0 Å². The molecule has 0 unspecified atom stereocenters. The molecule has 262 valence electrons. The summed E-state index contributed by atoms with van der Waals surface area (Å²) in [5, 5.41) is 4.51. The van der Waals surface area contributed by atoms with E-state index < -0.39 is 0 Å². The van der Waals surface area contributed by atoms with E-state index >= 15 is 0 Å². The summed E-state index contributed by atoms with van der Waals surface area (Å²) in [5.74, 6) is 1.17. The predicted molar refractivity (Wildman–Crippen MR) is 228 cm³/mol. The van der Waals surface area contributed by atoms with Crippen molar-refractivity contribution in [3.63, 3.8) is 0 Å². The van der Waals surface area contributed by atoms with E-state index in [9.17, 15) is 0 Å². The highest BCUT2D eigenvalue weighted by atomic mass is 15.0. The van der Waals surface area contributed by atoms with Gasteiger partial charge in [0.05, 0.1) is 33.5 Å². The third-order valence-electron chi connectivity index (χ3n) is 10.6. The van der Waals surface area contributed by atoms with Crippen LogP contribution in [-0.2, 0) is 0 Å². The Bertz CT molecular complexity index is 3160. The average Bonchev–Trinajstić information content (AvgIpc) is 3.86. The van der Waals surface area contributed by atoms with Gasteiger partial charge in [0.15, 0.2) is 11.6 Å². The van der Waals surface area contributed by atoms with Crippen LogP contribution in [0.4, 0.5) is 0 Å². The molecule has 0 saturated carbocycles. The van der Waals surface area contributed by atoms with Crippen LogP contribution in [0.25, 0.3) is 100 Å². The molecule has 4 heterocycles. The largest absolute Gasteiger partial charge is 0.315 e. The number of nitrogens with zero attached hydrogens (tertiary/aromatic N) is 6. The molecule has 0 aliphatic rings. The van der Waals surface area contributed by atoms with Crippen molar-refractivity contribution < 1.29 is 0 Å². The Hall–Kier alpha value is -7.70. The number of hydrogen-bond donors (Lipinski definition) is 0. The summed E-state index contributed by atoms with van der Waals surface area (Å²) in [4.78, 5) is 20.6. The Labute approximate surface area is 322 Å². The number of benzene rings is 7. The smallest absolute Gasteiger partial charge is 0.180 e. The Morgan fingerprint density at radius 1 is 0.375 bits per heavy atom. The second kappa shape index (κ2) is 13.0. The minimum absolute atomic E-state index is 0.553. The molecule has 0 saturated heterocycles. The number of rotatable bonds is 6. The number of para-hydroxylation sites is 3. The molecule has 0 fully saturated rings. The van der Waals surface area contributed by atoms with Crippen molar-refractivity contribution in [2.75, 3.05) is 0 Å². The third kappa shape index (κ3) is 5.27. The Balaban J connectivity index is 1.08. The first-order valence-corrected chi connectivity index (χ1v) is 18.7. The normalized spacial score (nSPS) is 11.6. The lowest BCUT2D eigenvalue weighted by atomic mass is 10.1. The van der Waals surface area contributed by atoms with Gasteiger partial charge in [-0.3, -0.25) is 0 Å². The molecule has 0 aliphatic carbocycles. The fourth-order valence-electron chi connectivity index (χ4n) is 7.95. The van der Waals surface area contributed by atoms with E-state index in [-0.39, 0.29) is 0 Å². The van der Waals surface area contributed by atoms with Crippen molar-refractivity contribution in [2.24, 2.45) is 0 Å². The molecule has 0 bridgehead atoms. The third-order valence-corrected chi connectivity index (χ3v) is 10.6. The molecule has 6 heteroatoms. The first-order valence-electron chi connectivity index (χ1n) is 18.7. The van der Waals surface area contributed by atoms with Gasteiger partial charge in [-0.2, -0.15) is 0 Å². The summed E-state index contributed by atoms with van der Waals surface area (Å²) < 4.78 is 4.68. The standard InChI is InChI=1S/C50H32N6/c1-4-14-33(15-5-1)43-32-44(34-16-6-2-7-17-34)53-50(52-43)46-41-21-10-12-22-42(41)51-49(54-46)36-24-27-38(28-25-36)56-45-23-13-11-20-39(45)40-29-26-35-30-31-55(47(35)48(40)56)37-18-8-3-9-19-37/h1-32H. The topological polar surface area (TPSA) is 61.4 Å². The highest BCUT2D eigenvalue weighted by molar-refractivity contribution is 6.18. The monoisotopic (exact) mass is 716 g/mol. The molecule has 7 aromatic carbocycles. The van der Waals surface area contributed by atoms with Crippen LogP contribution < -0.4 is 0 Å². The second-order valence-electron chi connectivity index (χ2n) is 13.9. The van der Waals surface area contributed by atoms with Crippen LogP contribution in [0.5, 0.6) is 0 Å². The van der Waals surface area contributed by atoms with E-state index in [1.807, 2.05) is 60.7 Å². The minimum Gasteiger partial charge on any atom is -0.315 e. The van der Waals surface area contributed by atoms with Crippen molar-refractivity contribution in [1.82, 2.24) is 29.1 Å². The summed E-state index contributed by atoms with van der Waals surface area (Å²) >= 11 is 0. The van der Waals surface area contributed by atoms with E-state index in [1.54, 1.807) is 0 Å². The second-order valence-corrected chi connectivity index (χ2v) is 13.9. The Kier molecular flexibility index (Phi) is 7.38. The average molecular weight is 717 g/mol. The molecule has 0 radical (unpaired) electrons. The molecule has 11 rings (SSSR count). The zero-order valence-corrected chi connectivity index (χ0v) is 30.2. The SMILES string of the molecule is c1ccc(-c2cc(-c3ccccc3)nc(-c3nc(-c4ccc(-n5c6ccccc6c6ccc7ccn(-c8ccccc8)c7c65)cc4)nc4ccccc34)n2)cc1. The van der Waals surface area contributed by atoms with Crippen molar-refractivity contribution in [3.8, 4) is 56.8 Å². The van der Waals surface area contributed by atoms with Crippen LogP contribution in [0.2, 0.25) is 0 Å². The zero-order valence-electron chi connectivity index (χ0n) is 30.2. The van der Waals surface area contributed by atoms with Gasteiger partial charge in [0.1, 0.15) is 5.69 Å². The Morgan fingerprint density at radius 3 is 1.71 bits per heavy atom. The van der Waals surface area contributed by atoms with Crippen molar-refractivity contribution >= 4 is 43.6 Å². The number of fused-ring (bicyclic) bond motifs is 6. The quantitative estimate of drug-likeness (QED) is 0.172. The van der Waals surface area contributed by atoms with E-state index in [0.717, 1.165) is 55.9 Å². The first-order chi connectivity index (χ1) is 27.8. The summed E-state index contributed by atoms with van der Waals surface area (Å²) in [6.45, 7) is 0. The van der Waals surface area contributed by atoms with Gasteiger partial charge in [0, 0.05) is 55.8 Å². The number of hydrogen-bond acceptors (Lipinski definition) is 4. The molecule has 0 aliphatic heterocycles. The summed E-state index contributed by atoms with van der Waals surface area (Å²) in [6.07, 6.45) is 2.17. The van der Waals surface area contributed by atoms with Crippen LogP contribution in [0.15, 0.2) is 194 Å². The number of aromatic nitrogens is 6. The van der Waals surface area contributed by atoms with Crippen LogP contribution in [-0.4, -0.2) is 29.1 Å². The van der Waals surface area contributed by atoms with Crippen LogP contribution in [0, 0.1) is 0 Å². The molecular weight excluding hydrogens is 685 g/mol. The Morgan fingerprint density at radius 2 is 1.00 bits per heavy atom. The van der Waals surface area contributed by atoms with Crippen LogP contribution in [0.1, 0.15) is 0 Å². The zero-order chi connectivity index (χ0) is 37.0. The van der Waals surface area contributed by atoms with Crippen LogP contribution in [0.3, 0.4) is 0 Å². The fourth-order valence-corrected chi connectivity index (χ4v) is 7.95. The van der Waals surface area contributed by atoms with Gasteiger partial charge in [-0.1, -0.05) is 127 Å². The summed E-state index contributed by atoms with van der Waals surface area (Å²) in [6, 6.07) is 65.1. The maximum atomic E-state index is 5.24. The van der Waals surface area contributed by atoms with Crippen molar-refractivity contribution in [1.29, 1.82) is 0 Å². The predicted octanol–water partition coefficient (Wildman–Crippen LogP) is 12.1. The van der Waals surface area contributed by atoms with Crippen molar-refractivity contribution in [3.05, 3.63) is 194 Å². The molecule has 0 amide bonds. The van der Waals surface area contributed by atoms with Gasteiger partial charge in [-0.15, -0.1) is 0 Å². The molecule has 0 atom stereocenters. The molecule has 0 spiro atoms.